The van der Waals surface area contributed by atoms with E-state index >= 15 is 4.39 Å². The van der Waals surface area contributed by atoms with Gasteiger partial charge in [-0.3, -0.25) is 9.69 Å². The lowest BCUT2D eigenvalue weighted by Crippen LogP contribution is -2.32. The van der Waals surface area contributed by atoms with E-state index in [-0.39, 0.29) is 17.8 Å². The van der Waals surface area contributed by atoms with Gasteiger partial charge in [0.15, 0.2) is 0 Å². The van der Waals surface area contributed by atoms with Crippen molar-refractivity contribution in [1.82, 2.24) is 9.88 Å². The summed E-state index contributed by atoms with van der Waals surface area (Å²) in [5.41, 5.74) is 5.69. The van der Waals surface area contributed by atoms with Gasteiger partial charge in [-0.05, 0) is 98.1 Å². The average Bonchev–Trinajstić information content (AvgIpc) is 3.78. The maximum Gasteiger partial charge on any atom is 0.306 e. The molecule has 1 aliphatic carbocycles. The number of hydrogen-bond acceptors (Lipinski definition) is 5. The molecule has 1 N–H and O–H groups in total. The highest BCUT2D eigenvalue weighted by atomic mass is 19.1. The molecule has 1 aromatic heterocycles. The number of ether oxygens (including phenoxy) is 2. The standard InChI is InChI=1S/C35H41FN2O4/c1-20-5-6-21(2)38(20)19-27-15-25(11-13-28(27)29-17-33(41-4)37-18-30(29)36)31-14-12-23-7-10-26(16-32(23)42-31)34(24-8-9-24)22(3)35(39)40/h7,10-11,13,15-18,20-22,24,31,34H,5-6,8-9,12,14,19H2,1-4H3,(H,39,40)/t20-,21-,22+,31+,34+/m1/s1. The largest absolute Gasteiger partial charge is 0.485 e. The van der Waals surface area contributed by atoms with Crippen LogP contribution in [0.25, 0.3) is 11.1 Å². The summed E-state index contributed by atoms with van der Waals surface area (Å²) in [5, 5.41) is 9.76. The summed E-state index contributed by atoms with van der Waals surface area (Å²) in [5.74, 6) is 0.0982. The number of carboxylic acid groups (broad SMARTS) is 1. The van der Waals surface area contributed by atoms with Gasteiger partial charge in [-0.2, -0.15) is 0 Å². The number of likely N-dealkylation sites (tertiary alicyclic amines) is 1. The Bertz CT molecular complexity index is 1460. The molecule has 1 saturated carbocycles. The lowest BCUT2D eigenvalue weighted by molar-refractivity contribution is -0.142. The molecule has 6 rings (SSSR count). The van der Waals surface area contributed by atoms with Crippen molar-refractivity contribution >= 4 is 5.97 Å². The van der Waals surface area contributed by atoms with E-state index in [0.717, 1.165) is 78.6 Å². The first kappa shape index (κ1) is 28.7. The number of fused-ring (bicyclic) bond motifs is 1. The molecule has 222 valence electrons. The van der Waals surface area contributed by atoms with Crippen molar-refractivity contribution in [1.29, 1.82) is 0 Å². The van der Waals surface area contributed by atoms with Crippen molar-refractivity contribution in [2.24, 2.45) is 11.8 Å². The van der Waals surface area contributed by atoms with Crippen LogP contribution in [0.4, 0.5) is 4.39 Å². The Balaban J connectivity index is 1.33. The van der Waals surface area contributed by atoms with Crippen molar-refractivity contribution in [2.45, 2.75) is 89.9 Å². The molecule has 3 aromatic rings. The lowest BCUT2D eigenvalue weighted by Gasteiger charge is -2.30. The zero-order valence-corrected chi connectivity index (χ0v) is 25.0. The third-order valence-corrected chi connectivity index (χ3v) is 9.80. The molecule has 0 bridgehead atoms. The van der Waals surface area contributed by atoms with Crippen molar-refractivity contribution in [2.75, 3.05) is 7.11 Å². The van der Waals surface area contributed by atoms with Gasteiger partial charge in [-0.1, -0.05) is 37.3 Å². The number of aromatic nitrogens is 1. The van der Waals surface area contributed by atoms with Crippen LogP contribution in [-0.4, -0.2) is 40.2 Å². The molecular formula is C35H41FN2O4. The van der Waals surface area contributed by atoms with E-state index in [2.05, 4.69) is 54.1 Å². The summed E-state index contributed by atoms with van der Waals surface area (Å²) < 4.78 is 27.1. The maximum atomic E-state index is 15.1. The number of carboxylic acids is 1. The average molecular weight is 573 g/mol. The molecule has 0 unspecified atom stereocenters. The minimum atomic E-state index is -0.749. The van der Waals surface area contributed by atoms with Crippen molar-refractivity contribution in [3.8, 4) is 22.8 Å². The van der Waals surface area contributed by atoms with E-state index < -0.39 is 11.9 Å². The van der Waals surface area contributed by atoms with Gasteiger partial charge in [0.1, 0.15) is 17.7 Å². The summed E-state index contributed by atoms with van der Waals surface area (Å²) in [4.78, 5) is 18.4. The van der Waals surface area contributed by atoms with E-state index in [1.165, 1.54) is 6.20 Å². The zero-order chi connectivity index (χ0) is 29.5. The van der Waals surface area contributed by atoms with Gasteiger partial charge in [0.2, 0.25) is 5.88 Å². The predicted molar refractivity (Wildman–Crippen MR) is 160 cm³/mol. The molecule has 1 saturated heterocycles. The van der Waals surface area contributed by atoms with Gasteiger partial charge >= 0.3 is 5.97 Å². The Kier molecular flexibility index (Phi) is 7.97. The first-order valence-corrected chi connectivity index (χ1v) is 15.3. The smallest absolute Gasteiger partial charge is 0.306 e. The number of nitrogens with zero attached hydrogens (tertiary/aromatic N) is 2. The van der Waals surface area contributed by atoms with Gasteiger partial charge in [0, 0.05) is 30.3 Å². The Labute approximate surface area is 247 Å². The molecule has 2 aliphatic heterocycles. The Morgan fingerprint density at radius 1 is 1.07 bits per heavy atom. The van der Waals surface area contributed by atoms with Gasteiger partial charge in [0.05, 0.1) is 19.2 Å². The Morgan fingerprint density at radius 3 is 2.52 bits per heavy atom. The highest BCUT2D eigenvalue weighted by Gasteiger charge is 2.39. The maximum absolute atomic E-state index is 15.1. The molecule has 6 nitrogen and oxygen atoms in total. The molecule has 0 spiro atoms. The number of aliphatic carboxylic acids is 1. The van der Waals surface area contributed by atoms with Crippen LogP contribution in [0.1, 0.15) is 87.2 Å². The second-order valence-electron chi connectivity index (χ2n) is 12.6. The van der Waals surface area contributed by atoms with Crippen LogP contribution in [-0.2, 0) is 17.8 Å². The molecule has 3 heterocycles. The van der Waals surface area contributed by atoms with Crippen molar-refractivity contribution in [3.05, 3.63) is 76.7 Å². The summed E-state index contributed by atoms with van der Waals surface area (Å²) in [6.07, 6.45) is 7.29. The van der Waals surface area contributed by atoms with E-state index in [9.17, 15) is 9.90 Å². The number of rotatable bonds is 9. The van der Waals surface area contributed by atoms with Crippen molar-refractivity contribution < 1.29 is 23.8 Å². The number of aryl methyl sites for hydroxylation is 1. The van der Waals surface area contributed by atoms with Crippen molar-refractivity contribution in [3.63, 3.8) is 0 Å². The summed E-state index contributed by atoms with van der Waals surface area (Å²) in [7, 11) is 1.54. The fraction of sp³-hybridized carbons (Fsp3) is 0.486. The van der Waals surface area contributed by atoms with E-state index in [0.29, 0.717) is 29.4 Å². The fourth-order valence-electron chi connectivity index (χ4n) is 7.11. The number of benzene rings is 2. The molecular weight excluding hydrogens is 531 g/mol. The highest BCUT2D eigenvalue weighted by Crippen LogP contribution is 2.48. The normalized spacial score (nSPS) is 23.6. The zero-order valence-electron chi connectivity index (χ0n) is 25.0. The van der Waals surface area contributed by atoms with Crippen LogP contribution in [0.2, 0.25) is 0 Å². The molecule has 2 fully saturated rings. The molecule has 3 aliphatic rings. The van der Waals surface area contributed by atoms with Gasteiger partial charge < -0.3 is 14.6 Å². The molecule has 42 heavy (non-hydrogen) atoms. The third-order valence-electron chi connectivity index (χ3n) is 9.80. The quantitative estimate of drug-likeness (QED) is 0.285. The SMILES string of the molecule is COc1cc(-c2ccc([C@@H]3CCc4ccc([C@H](C5CC5)[C@H](C)C(=O)O)cc4O3)cc2CN2[C@H](C)CC[C@H]2C)c(F)cn1. The molecule has 0 amide bonds. The van der Waals surface area contributed by atoms with Gasteiger partial charge in [-0.25, -0.2) is 9.37 Å². The number of hydrogen-bond donors (Lipinski definition) is 1. The topological polar surface area (TPSA) is 71.9 Å². The van der Waals surface area contributed by atoms with Crippen LogP contribution >= 0.6 is 0 Å². The van der Waals surface area contributed by atoms with Gasteiger partial charge in [-0.15, -0.1) is 0 Å². The summed E-state index contributed by atoms with van der Waals surface area (Å²) in [6, 6.07) is 15.2. The monoisotopic (exact) mass is 572 g/mol. The highest BCUT2D eigenvalue weighted by molar-refractivity contribution is 5.71. The second kappa shape index (κ2) is 11.7. The van der Waals surface area contributed by atoms with Crippen LogP contribution in [0.3, 0.4) is 0 Å². The summed E-state index contributed by atoms with van der Waals surface area (Å²) >= 11 is 0. The van der Waals surface area contributed by atoms with Crippen LogP contribution in [0, 0.1) is 17.7 Å². The van der Waals surface area contributed by atoms with Crippen LogP contribution in [0.15, 0.2) is 48.7 Å². The third kappa shape index (κ3) is 5.63. The second-order valence-corrected chi connectivity index (χ2v) is 12.6. The number of pyridine rings is 1. The Hall–Kier alpha value is -3.45. The minimum Gasteiger partial charge on any atom is -0.485 e. The number of carbonyl (C=O) groups is 1. The Morgan fingerprint density at radius 2 is 1.83 bits per heavy atom. The van der Waals surface area contributed by atoms with Crippen LogP contribution in [0.5, 0.6) is 11.6 Å². The number of methoxy groups -OCH3 is 1. The predicted octanol–water partition coefficient (Wildman–Crippen LogP) is 7.55. The minimum absolute atomic E-state index is 0.000599. The van der Waals surface area contributed by atoms with E-state index in [1.54, 1.807) is 13.2 Å². The first-order valence-electron chi connectivity index (χ1n) is 15.3. The fourth-order valence-corrected chi connectivity index (χ4v) is 7.11. The number of halogens is 1. The lowest BCUT2D eigenvalue weighted by atomic mass is 9.82. The van der Waals surface area contributed by atoms with Crippen LogP contribution < -0.4 is 9.47 Å². The van der Waals surface area contributed by atoms with E-state index in [1.807, 2.05) is 13.0 Å². The first-order chi connectivity index (χ1) is 20.2. The molecule has 7 heteroatoms. The molecule has 5 atom stereocenters. The van der Waals surface area contributed by atoms with E-state index in [4.69, 9.17) is 9.47 Å². The summed E-state index contributed by atoms with van der Waals surface area (Å²) in [6.45, 7) is 7.07. The molecule has 2 aromatic carbocycles. The molecule has 0 radical (unpaired) electrons. The van der Waals surface area contributed by atoms with Gasteiger partial charge in [0.25, 0.3) is 0 Å².